The molecule has 2 nitrogen and oxygen atoms in total. The van der Waals surface area contributed by atoms with Gasteiger partial charge in [-0.15, -0.1) is 0 Å². The number of aliphatic hydroxyl groups excluding tert-OH is 1. The van der Waals surface area contributed by atoms with Crippen molar-refractivity contribution in [2.24, 2.45) is 11.1 Å². The fraction of sp³-hybridized carbons (Fsp3) is 0.429. The first-order valence-corrected chi connectivity index (χ1v) is 8.45. The van der Waals surface area contributed by atoms with E-state index >= 15 is 0 Å². The van der Waals surface area contributed by atoms with E-state index in [1.807, 2.05) is 12.1 Å². The predicted octanol–water partition coefficient (Wildman–Crippen LogP) is 5.47. The van der Waals surface area contributed by atoms with Gasteiger partial charge in [-0.2, -0.15) is 0 Å². The molecule has 1 unspecified atom stereocenters. The third-order valence-electron chi connectivity index (χ3n) is 5.12. The van der Waals surface area contributed by atoms with E-state index in [-0.39, 0.29) is 16.7 Å². The molecule has 2 rings (SSSR count). The molecule has 1 aliphatic carbocycles. The Morgan fingerprint density at radius 2 is 1.87 bits per heavy atom. The summed E-state index contributed by atoms with van der Waals surface area (Å²) in [5.41, 5.74) is 10.9. The van der Waals surface area contributed by atoms with Crippen LogP contribution in [-0.4, -0.2) is 10.6 Å². The molecule has 0 fully saturated rings. The Bertz CT molecular complexity index is 649. The lowest BCUT2D eigenvalue weighted by molar-refractivity contribution is 0.385. The zero-order valence-corrected chi connectivity index (χ0v) is 14.8. The van der Waals surface area contributed by atoms with Gasteiger partial charge in [-0.05, 0) is 36.0 Å². The maximum atomic E-state index is 9.51. The van der Waals surface area contributed by atoms with Crippen LogP contribution in [0.1, 0.15) is 58.1 Å². The van der Waals surface area contributed by atoms with Crippen LogP contribution in [0.2, 0.25) is 0 Å². The maximum Gasteiger partial charge on any atom is 0.115 e. The van der Waals surface area contributed by atoms with E-state index in [4.69, 9.17) is 5.73 Å². The quantitative estimate of drug-likeness (QED) is 0.572. The highest BCUT2D eigenvalue weighted by atomic mass is 16.3. The van der Waals surface area contributed by atoms with Crippen LogP contribution < -0.4 is 5.73 Å². The molecule has 124 valence electrons. The summed E-state index contributed by atoms with van der Waals surface area (Å²) in [7, 11) is 0. The van der Waals surface area contributed by atoms with Gasteiger partial charge in [0.05, 0.1) is 0 Å². The minimum atomic E-state index is -0.248. The SMILES string of the molecule is C=C(O)c1ccc(C2=CCC(N)(CC)/C(=C\CC)C2(C)C)cc1. The van der Waals surface area contributed by atoms with Crippen molar-refractivity contribution < 1.29 is 5.11 Å². The van der Waals surface area contributed by atoms with Crippen molar-refractivity contribution in [1.82, 2.24) is 0 Å². The number of benzene rings is 1. The summed E-state index contributed by atoms with van der Waals surface area (Å²) in [5, 5.41) is 9.51. The molecule has 0 aromatic heterocycles. The van der Waals surface area contributed by atoms with Gasteiger partial charge in [0.1, 0.15) is 5.76 Å². The maximum absolute atomic E-state index is 9.51. The summed E-state index contributed by atoms with van der Waals surface area (Å²) in [6.07, 6.45) is 7.39. The van der Waals surface area contributed by atoms with E-state index in [1.54, 1.807) is 0 Å². The van der Waals surface area contributed by atoms with Gasteiger partial charge < -0.3 is 10.8 Å². The Kier molecular flexibility index (Phi) is 4.86. The zero-order chi connectivity index (χ0) is 17.3. The third kappa shape index (κ3) is 3.13. The molecule has 1 aromatic rings. The molecule has 0 bridgehead atoms. The number of nitrogens with two attached hydrogens (primary N) is 1. The summed E-state index contributed by atoms with van der Waals surface area (Å²) in [6, 6.07) is 7.95. The number of hydrogen-bond acceptors (Lipinski definition) is 2. The molecule has 3 N–H and O–H groups in total. The molecule has 0 spiro atoms. The van der Waals surface area contributed by atoms with Crippen molar-refractivity contribution in [2.75, 3.05) is 0 Å². The second-order valence-corrected chi connectivity index (χ2v) is 7.01. The molecule has 23 heavy (non-hydrogen) atoms. The van der Waals surface area contributed by atoms with Gasteiger partial charge in [0.25, 0.3) is 0 Å². The molecule has 0 saturated carbocycles. The molecule has 0 aliphatic heterocycles. The van der Waals surface area contributed by atoms with Crippen LogP contribution in [0.3, 0.4) is 0 Å². The molecular weight excluding hydrogens is 282 g/mol. The summed E-state index contributed by atoms with van der Waals surface area (Å²) in [6.45, 7) is 12.4. The zero-order valence-electron chi connectivity index (χ0n) is 14.8. The normalized spacial score (nSPS) is 25.3. The second kappa shape index (κ2) is 6.37. The molecule has 0 saturated heterocycles. The molecule has 0 amide bonds. The lowest BCUT2D eigenvalue weighted by Crippen LogP contribution is -2.48. The van der Waals surface area contributed by atoms with Gasteiger partial charge in [0, 0.05) is 16.5 Å². The van der Waals surface area contributed by atoms with Crippen LogP contribution in [-0.2, 0) is 0 Å². The Morgan fingerprint density at radius 1 is 1.26 bits per heavy atom. The summed E-state index contributed by atoms with van der Waals surface area (Å²) < 4.78 is 0. The highest BCUT2D eigenvalue weighted by Gasteiger charge is 2.42. The first-order valence-electron chi connectivity index (χ1n) is 8.45. The topological polar surface area (TPSA) is 46.2 Å². The highest BCUT2D eigenvalue weighted by molar-refractivity contribution is 5.76. The Hall–Kier alpha value is -1.80. The number of allylic oxidation sites excluding steroid dienone is 2. The van der Waals surface area contributed by atoms with E-state index < -0.39 is 0 Å². The van der Waals surface area contributed by atoms with E-state index in [0.717, 1.165) is 24.8 Å². The Labute approximate surface area is 140 Å². The van der Waals surface area contributed by atoms with E-state index in [0.29, 0.717) is 0 Å². The average molecular weight is 311 g/mol. The first kappa shape index (κ1) is 17.6. The van der Waals surface area contributed by atoms with Gasteiger partial charge in [-0.3, -0.25) is 0 Å². The van der Waals surface area contributed by atoms with Crippen LogP contribution in [0.15, 0.2) is 48.6 Å². The number of aliphatic hydroxyl groups is 1. The van der Waals surface area contributed by atoms with Gasteiger partial charge in [-0.25, -0.2) is 0 Å². The summed E-state index contributed by atoms with van der Waals surface area (Å²) in [4.78, 5) is 0. The fourth-order valence-corrected chi connectivity index (χ4v) is 3.73. The second-order valence-electron chi connectivity index (χ2n) is 7.01. The smallest absolute Gasteiger partial charge is 0.115 e. The lowest BCUT2D eigenvalue weighted by Gasteiger charge is -2.46. The minimum Gasteiger partial charge on any atom is -0.508 e. The standard InChI is InChI=1S/C21H29NO/c1-6-8-19-20(4,5)18(13-14-21(19,22)7-2)17-11-9-16(10-12-17)15(3)23/h8-13,23H,3,6-7,14,22H2,1-2,4-5H3/b19-8-. The van der Waals surface area contributed by atoms with Crippen molar-refractivity contribution in [2.45, 2.75) is 52.5 Å². The van der Waals surface area contributed by atoms with Crippen LogP contribution in [0.5, 0.6) is 0 Å². The minimum absolute atomic E-state index is 0.100. The monoisotopic (exact) mass is 311 g/mol. The molecular formula is C21H29NO. The molecule has 1 aliphatic rings. The van der Waals surface area contributed by atoms with Gasteiger partial charge in [0.2, 0.25) is 0 Å². The van der Waals surface area contributed by atoms with E-state index in [2.05, 4.69) is 58.6 Å². The van der Waals surface area contributed by atoms with E-state index in [9.17, 15) is 5.11 Å². The Balaban J connectivity index is 2.51. The molecule has 1 aromatic carbocycles. The average Bonchev–Trinajstić information content (AvgIpc) is 2.51. The predicted molar refractivity (Wildman–Crippen MR) is 100 cm³/mol. The van der Waals surface area contributed by atoms with Crippen molar-refractivity contribution in [3.8, 4) is 0 Å². The largest absolute Gasteiger partial charge is 0.508 e. The molecule has 2 heteroatoms. The van der Waals surface area contributed by atoms with Crippen LogP contribution in [0.25, 0.3) is 11.3 Å². The molecule has 0 heterocycles. The van der Waals surface area contributed by atoms with Crippen LogP contribution in [0.4, 0.5) is 0 Å². The first-order chi connectivity index (χ1) is 10.8. The third-order valence-corrected chi connectivity index (χ3v) is 5.12. The number of rotatable bonds is 4. The summed E-state index contributed by atoms with van der Waals surface area (Å²) in [5.74, 6) is 0.104. The Morgan fingerprint density at radius 3 is 2.35 bits per heavy atom. The molecule has 0 radical (unpaired) electrons. The lowest BCUT2D eigenvalue weighted by atomic mass is 9.61. The number of hydrogen-bond donors (Lipinski definition) is 2. The van der Waals surface area contributed by atoms with Crippen molar-refractivity contribution in [3.05, 3.63) is 59.7 Å². The van der Waals surface area contributed by atoms with Crippen LogP contribution in [0, 0.1) is 5.41 Å². The summed E-state index contributed by atoms with van der Waals surface area (Å²) >= 11 is 0. The highest BCUT2D eigenvalue weighted by Crippen LogP contribution is 2.50. The van der Waals surface area contributed by atoms with Crippen molar-refractivity contribution >= 4 is 11.3 Å². The van der Waals surface area contributed by atoms with Gasteiger partial charge in [-0.1, -0.05) is 70.7 Å². The van der Waals surface area contributed by atoms with E-state index in [1.165, 1.54) is 16.7 Å². The van der Waals surface area contributed by atoms with Gasteiger partial charge in [0.15, 0.2) is 0 Å². The van der Waals surface area contributed by atoms with Crippen molar-refractivity contribution in [1.29, 1.82) is 0 Å². The van der Waals surface area contributed by atoms with Crippen molar-refractivity contribution in [3.63, 3.8) is 0 Å². The molecule has 1 atom stereocenters. The fourth-order valence-electron chi connectivity index (χ4n) is 3.73. The van der Waals surface area contributed by atoms with Crippen LogP contribution >= 0.6 is 0 Å². The van der Waals surface area contributed by atoms with Gasteiger partial charge >= 0.3 is 0 Å².